The number of hydrogen-bond acceptors (Lipinski definition) is 6. The van der Waals surface area contributed by atoms with E-state index in [1.807, 2.05) is 30.5 Å². The quantitative estimate of drug-likeness (QED) is 0.681. The molecule has 2 aliphatic rings. The monoisotopic (exact) mass is 390 g/mol. The Bertz CT molecular complexity index is 1080. The molecule has 1 saturated carbocycles. The van der Waals surface area contributed by atoms with Gasteiger partial charge in [0.15, 0.2) is 0 Å². The lowest BCUT2D eigenvalue weighted by molar-refractivity contribution is 0.246. The molecule has 3 heterocycles. The Kier molecular flexibility index (Phi) is 4.75. The minimum atomic E-state index is -0.00232. The zero-order valence-corrected chi connectivity index (χ0v) is 16.8. The number of rotatable bonds is 4. The van der Waals surface area contributed by atoms with Gasteiger partial charge in [0.05, 0.1) is 22.9 Å². The number of hydrogen-bond donors (Lipinski definition) is 0. The summed E-state index contributed by atoms with van der Waals surface area (Å²) in [4.78, 5) is 30.7. The zero-order valence-electron chi connectivity index (χ0n) is 16.8. The van der Waals surface area contributed by atoms with Crippen LogP contribution in [0.2, 0.25) is 0 Å². The Morgan fingerprint density at radius 3 is 2.66 bits per heavy atom. The predicted molar refractivity (Wildman–Crippen MR) is 113 cm³/mol. The van der Waals surface area contributed by atoms with E-state index in [4.69, 9.17) is 4.98 Å². The predicted octanol–water partition coefficient (Wildman–Crippen LogP) is 2.31. The summed E-state index contributed by atoms with van der Waals surface area (Å²) in [7, 11) is 1.73. The lowest BCUT2D eigenvalue weighted by Crippen LogP contribution is -2.46. The highest BCUT2D eigenvalue weighted by atomic mass is 16.1. The fourth-order valence-electron chi connectivity index (χ4n) is 4.15. The summed E-state index contributed by atoms with van der Waals surface area (Å²) in [6, 6.07) is 8.01. The molecule has 7 nitrogen and oxygen atoms in total. The van der Waals surface area contributed by atoms with E-state index in [9.17, 15) is 4.79 Å². The summed E-state index contributed by atoms with van der Waals surface area (Å²) in [6.07, 6.45) is 7.27. The Morgan fingerprint density at radius 1 is 1.07 bits per heavy atom. The normalized spacial score (nSPS) is 18.2. The van der Waals surface area contributed by atoms with Crippen molar-refractivity contribution < 1.29 is 0 Å². The van der Waals surface area contributed by atoms with E-state index in [1.165, 1.54) is 23.8 Å². The van der Waals surface area contributed by atoms with Gasteiger partial charge in [0.1, 0.15) is 5.82 Å². The fraction of sp³-hybridized carbons (Fsp3) is 0.455. The first-order chi connectivity index (χ1) is 14.2. The third-order valence-corrected chi connectivity index (χ3v) is 6.23. The summed E-state index contributed by atoms with van der Waals surface area (Å²) in [5.74, 6) is 1.60. The van der Waals surface area contributed by atoms with Crippen LogP contribution in [0.5, 0.6) is 0 Å². The molecule has 1 saturated heterocycles. The van der Waals surface area contributed by atoms with Gasteiger partial charge in [0.25, 0.3) is 5.56 Å². The highest BCUT2D eigenvalue weighted by molar-refractivity contribution is 5.81. The van der Waals surface area contributed by atoms with Crippen LogP contribution < -0.4 is 10.5 Å². The summed E-state index contributed by atoms with van der Waals surface area (Å²) < 4.78 is 1.52. The van der Waals surface area contributed by atoms with Gasteiger partial charge in [-0.15, -0.1) is 0 Å². The smallest absolute Gasteiger partial charge is 0.260 e. The van der Waals surface area contributed by atoms with Gasteiger partial charge < -0.3 is 9.47 Å². The first kappa shape index (κ1) is 18.2. The van der Waals surface area contributed by atoms with E-state index >= 15 is 0 Å². The van der Waals surface area contributed by atoms with Gasteiger partial charge in [-0.05, 0) is 37.1 Å². The number of anilines is 1. The largest absolute Gasteiger partial charge is 0.369 e. The molecule has 1 aliphatic heterocycles. The Morgan fingerprint density at radius 2 is 1.90 bits per heavy atom. The molecule has 3 aromatic rings. The number of aryl methyl sites for hydroxylation is 1. The molecular formula is C22H26N6O. The van der Waals surface area contributed by atoms with Crippen molar-refractivity contribution in [2.45, 2.75) is 31.7 Å². The van der Waals surface area contributed by atoms with Crippen LogP contribution in [-0.4, -0.2) is 50.6 Å². The van der Waals surface area contributed by atoms with Crippen molar-refractivity contribution in [2.24, 2.45) is 7.05 Å². The summed E-state index contributed by atoms with van der Waals surface area (Å²) in [5, 5.41) is 0.670. The molecule has 7 heteroatoms. The van der Waals surface area contributed by atoms with Gasteiger partial charge in [-0.3, -0.25) is 9.69 Å². The molecule has 150 valence electrons. The highest BCUT2D eigenvalue weighted by Crippen LogP contribution is 2.34. The van der Waals surface area contributed by atoms with Gasteiger partial charge in [-0.1, -0.05) is 6.42 Å². The van der Waals surface area contributed by atoms with Crippen molar-refractivity contribution >= 4 is 16.6 Å². The lowest BCUT2D eigenvalue weighted by Gasteiger charge is -2.36. The summed E-state index contributed by atoms with van der Waals surface area (Å²) in [5.41, 5.74) is 3.02. The summed E-state index contributed by atoms with van der Waals surface area (Å²) in [6.45, 7) is 4.77. The molecule has 0 amide bonds. The van der Waals surface area contributed by atoms with Crippen molar-refractivity contribution in [3.8, 4) is 0 Å². The highest BCUT2D eigenvalue weighted by Gasteiger charge is 2.23. The van der Waals surface area contributed by atoms with E-state index in [0.717, 1.165) is 55.4 Å². The topological polar surface area (TPSA) is 67.2 Å². The van der Waals surface area contributed by atoms with Crippen LogP contribution in [0, 0.1) is 0 Å². The molecular weight excluding hydrogens is 364 g/mol. The third kappa shape index (κ3) is 3.62. The number of benzene rings is 1. The van der Waals surface area contributed by atoms with Crippen molar-refractivity contribution in [3.63, 3.8) is 0 Å². The molecule has 29 heavy (non-hydrogen) atoms. The van der Waals surface area contributed by atoms with Gasteiger partial charge in [0, 0.05) is 57.6 Å². The Hall–Kier alpha value is -2.80. The average Bonchev–Trinajstić information content (AvgIpc) is 2.70. The average molecular weight is 390 g/mol. The van der Waals surface area contributed by atoms with Gasteiger partial charge in [-0.25, -0.2) is 15.0 Å². The van der Waals surface area contributed by atoms with Crippen molar-refractivity contribution in [1.82, 2.24) is 24.4 Å². The summed E-state index contributed by atoms with van der Waals surface area (Å²) >= 11 is 0. The van der Waals surface area contributed by atoms with Crippen molar-refractivity contribution in [2.75, 3.05) is 31.1 Å². The van der Waals surface area contributed by atoms with Crippen LogP contribution in [0.15, 0.2) is 41.6 Å². The molecule has 1 aliphatic carbocycles. The van der Waals surface area contributed by atoms with Crippen LogP contribution in [-0.2, 0) is 13.6 Å². The van der Waals surface area contributed by atoms with Crippen LogP contribution in [0.4, 0.5) is 5.69 Å². The van der Waals surface area contributed by atoms with Crippen molar-refractivity contribution in [3.05, 3.63) is 58.7 Å². The second kappa shape index (κ2) is 7.55. The maximum Gasteiger partial charge on any atom is 0.260 e. The maximum atomic E-state index is 12.2. The van der Waals surface area contributed by atoms with E-state index in [1.54, 1.807) is 13.4 Å². The molecule has 0 spiro atoms. The van der Waals surface area contributed by atoms with E-state index in [0.29, 0.717) is 11.3 Å². The number of nitrogens with zero attached hydrogens (tertiary/aromatic N) is 6. The third-order valence-electron chi connectivity index (χ3n) is 6.23. The number of aromatic nitrogens is 4. The van der Waals surface area contributed by atoms with Gasteiger partial charge in [-0.2, -0.15) is 0 Å². The fourth-order valence-corrected chi connectivity index (χ4v) is 4.15. The van der Waals surface area contributed by atoms with Crippen LogP contribution in [0.25, 0.3) is 10.9 Å². The van der Waals surface area contributed by atoms with E-state index < -0.39 is 0 Å². The standard InChI is InChI=1S/C22H26N6O/c1-26-15-24-20-13-18(5-6-19(20)22(26)29)28-11-9-27(10-12-28)14-17-7-8-23-21(25-17)16-3-2-4-16/h5-8,13,15-16H,2-4,9-12,14H2,1H3. The zero-order chi connectivity index (χ0) is 19.8. The molecule has 1 aromatic carbocycles. The minimum absolute atomic E-state index is 0.00232. The SMILES string of the molecule is Cn1cnc2cc(N3CCN(Cc4ccnc(C5CCC5)n4)CC3)ccc2c1=O. The second-order valence-electron chi connectivity index (χ2n) is 8.16. The van der Waals surface area contributed by atoms with Crippen LogP contribution >= 0.6 is 0 Å². The van der Waals surface area contributed by atoms with Gasteiger partial charge >= 0.3 is 0 Å². The Balaban J connectivity index is 1.24. The van der Waals surface area contributed by atoms with Crippen LogP contribution in [0.1, 0.15) is 36.7 Å². The molecule has 5 rings (SSSR count). The minimum Gasteiger partial charge on any atom is -0.369 e. The molecule has 0 unspecified atom stereocenters. The van der Waals surface area contributed by atoms with Gasteiger partial charge in [0.2, 0.25) is 0 Å². The van der Waals surface area contributed by atoms with E-state index in [-0.39, 0.29) is 5.56 Å². The maximum absolute atomic E-state index is 12.2. The van der Waals surface area contributed by atoms with E-state index in [2.05, 4.69) is 19.8 Å². The number of fused-ring (bicyclic) bond motifs is 1. The van der Waals surface area contributed by atoms with Crippen LogP contribution in [0.3, 0.4) is 0 Å². The number of piperazine rings is 1. The first-order valence-corrected chi connectivity index (χ1v) is 10.4. The molecule has 2 aromatic heterocycles. The Labute approximate surface area is 170 Å². The lowest BCUT2D eigenvalue weighted by atomic mass is 9.85. The molecule has 2 fully saturated rings. The molecule has 0 atom stereocenters. The molecule has 0 bridgehead atoms. The van der Waals surface area contributed by atoms with Crippen molar-refractivity contribution in [1.29, 1.82) is 0 Å². The molecule has 0 radical (unpaired) electrons. The second-order valence-corrected chi connectivity index (χ2v) is 8.16. The first-order valence-electron chi connectivity index (χ1n) is 10.4. The molecule has 0 N–H and O–H groups in total.